The number of benzene rings is 1. The van der Waals surface area contributed by atoms with Crippen molar-refractivity contribution >= 4 is 25.4 Å². The lowest BCUT2D eigenvalue weighted by Crippen LogP contribution is -2.36. The van der Waals surface area contributed by atoms with Crippen LogP contribution in [-0.2, 0) is 4.79 Å². The third-order valence-electron chi connectivity index (χ3n) is 4.63. The Morgan fingerprint density at radius 2 is 2.00 bits per heavy atom. The highest BCUT2D eigenvalue weighted by molar-refractivity contribution is 6.30. The maximum absolute atomic E-state index is 12.7. The van der Waals surface area contributed by atoms with E-state index >= 15 is 0 Å². The number of aromatic nitrogens is 1. The molecule has 0 radical (unpaired) electrons. The van der Waals surface area contributed by atoms with Crippen LogP contribution in [-0.4, -0.2) is 18.7 Å². The summed E-state index contributed by atoms with van der Waals surface area (Å²) in [5.41, 5.74) is 2.64. The van der Waals surface area contributed by atoms with Gasteiger partial charge in [-0.05, 0) is 42.1 Å². The summed E-state index contributed by atoms with van der Waals surface area (Å²) in [7, 11) is 1.88. The lowest BCUT2D eigenvalue weighted by atomic mass is 9.77. The van der Waals surface area contributed by atoms with E-state index in [0.717, 1.165) is 24.0 Å². The van der Waals surface area contributed by atoms with Crippen LogP contribution in [0.3, 0.4) is 0 Å². The summed E-state index contributed by atoms with van der Waals surface area (Å²) in [5, 5.41) is 12.5. The lowest BCUT2D eigenvalue weighted by molar-refractivity contribution is -0.118. The van der Waals surface area contributed by atoms with E-state index in [9.17, 15) is 10.1 Å². The third-order valence-corrected chi connectivity index (χ3v) is 4.63. The highest BCUT2D eigenvalue weighted by atomic mass is 16.1. The molecule has 2 aromatic rings. The SMILES string of the molecule is Bc1cccc(/C=C(\C#N)C(=O)N[C@H](c2ccccc2)C2CCC2)n1. The smallest absolute Gasteiger partial charge is 0.262 e. The predicted octanol–water partition coefficient (Wildman–Crippen LogP) is 1.90. The topological polar surface area (TPSA) is 65.8 Å². The fourth-order valence-corrected chi connectivity index (χ4v) is 3.07. The molecule has 1 aromatic heterocycles. The number of nitrogens with zero attached hydrogens (tertiary/aromatic N) is 2. The molecule has 0 spiro atoms. The van der Waals surface area contributed by atoms with Gasteiger partial charge in [-0.2, -0.15) is 5.26 Å². The first-order valence-corrected chi connectivity index (χ1v) is 8.58. The fourth-order valence-electron chi connectivity index (χ4n) is 3.07. The van der Waals surface area contributed by atoms with Crippen LogP contribution >= 0.6 is 0 Å². The summed E-state index contributed by atoms with van der Waals surface area (Å²) in [6, 6.07) is 17.5. The van der Waals surface area contributed by atoms with E-state index in [1.54, 1.807) is 12.1 Å². The van der Waals surface area contributed by atoms with Crippen molar-refractivity contribution < 1.29 is 4.79 Å². The van der Waals surface area contributed by atoms with Gasteiger partial charge < -0.3 is 5.32 Å². The second-order valence-corrected chi connectivity index (χ2v) is 6.43. The molecule has 3 rings (SSSR count). The first-order valence-electron chi connectivity index (χ1n) is 8.58. The molecular weight excluding hydrogens is 309 g/mol. The molecule has 1 heterocycles. The van der Waals surface area contributed by atoms with E-state index in [-0.39, 0.29) is 17.5 Å². The third kappa shape index (κ3) is 4.16. The predicted molar refractivity (Wildman–Crippen MR) is 101 cm³/mol. The molecule has 1 aromatic carbocycles. The Balaban J connectivity index is 1.81. The number of carbonyl (C=O) groups excluding carboxylic acids is 1. The Kier molecular flexibility index (Phi) is 5.30. The minimum absolute atomic E-state index is 0.0512. The van der Waals surface area contributed by atoms with Gasteiger partial charge in [0.1, 0.15) is 11.6 Å². The molecule has 1 amide bonds. The number of amides is 1. The Hall–Kier alpha value is -2.87. The zero-order valence-electron chi connectivity index (χ0n) is 14.3. The van der Waals surface area contributed by atoms with Crippen molar-refractivity contribution in [3.63, 3.8) is 0 Å². The molecule has 1 fully saturated rings. The Morgan fingerprint density at radius 1 is 1.24 bits per heavy atom. The molecule has 0 saturated heterocycles. The quantitative estimate of drug-likeness (QED) is 0.518. The maximum Gasteiger partial charge on any atom is 0.262 e. The molecule has 4 nitrogen and oxygen atoms in total. The second kappa shape index (κ2) is 7.80. The van der Waals surface area contributed by atoms with Crippen LogP contribution in [0.2, 0.25) is 0 Å². The van der Waals surface area contributed by atoms with Crippen molar-refractivity contribution in [3.05, 3.63) is 65.4 Å². The number of hydrogen-bond donors (Lipinski definition) is 1. The molecule has 0 bridgehead atoms. The zero-order chi connectivity index (χ0) is 17.6. The van der Waals surface area contributed by atoms with Gasteiger partial charge in [-0.3, -0.25) is 9.78 Å². The van der Waals surface area contributed by atoms with Crippen molar-refractivity contribution in [2.45, 2.75) is 25.3 Å². The van der Waals surface area contributed by atoms with E-state index in [1.165, 1.54) is 6.42 Å². The molecule has 124 valence electrons. The molecular formula is C20H20BN3O. The van der Waals surface area contributed by atoms with Crippen molar-refractivity contribution in [3.8, 4) is 6.07 Å². The van der Waals surface area contributed by atoms with Gasteiger partial charge in [0.25, 0.3) is 5.91 Å². The van der Waals surface area contributed by atoms with Gasteiger partial charge >= 0.3 is 0 Å². The van der Waals surface area contributed by atoms with E-state index < -0.39 is 0 Å². The summed E-state index contributed by atoms with van der Waals surface area (Å²) < 4.78 is 0. The average Bonchev–Trinajstić information content (AvgIpc) is 2.58. The van der Waals surface area contributed by atoms with Crippen LogP contribution in [0, 0.1) is 17.2 Å². The van der Waals surface area contributed by atoms with Crippen LogP contribution in [0.1, 0.15) is 36.6 Å². The molecule has 1 aliphatic carbocycles. The summed E-state index contributed by atoms with van der Waals surface area (Å²) in [4.78, 5) is 17.0. The molecule has 5 heteroatoms. The molecule has 0 unspecified atom stereocenters. The second-order valence-electron chi connectivity index (χ2n) is 6.43. The number of hydrogen-bond acceptors (Lipinski definition) is 3. The molecule has 1 saturated carbocycles. The molecule has 0 aliphatic heterocycles. The summed E-state index contributed by atoms with van der Waals surface area (Å²) >= 11 is 0. The summed E-state index contributed by atoms with van der Waals surface area (Å²) in [5.74, 6) is 0.0925. The maximum atomic E-state index is 12.7. The van der Waals surface area contributed by atoms with Crippen LogP contribution in [0.4, 0.5) is 0 Å². The first-order chi connectivity index (χ1) is 12.2. The van der Waals surface area contributed by atoms with Gasteiger partial charge in [0.05, 0.1) is 11.7 Å². The first kappa shape index (κ1) is 17.0. The Labute approximate surface area is 149 Å². The standard InChI is InChI=1S/C20H20BN3O/c21-18-11-5-10-17(23-18)12-16(13-22)20(25)24-19(15-8-4-9-15)14-6-2-1-3-7-14/h1-3,5-7,10-12,15,19H,4,8-9,21H2,(H,24,25)/b16-12+/t19-/m1/s1. The normalized spacial score (nSPS) is 15.7. The molecule has 1 aliphatic rings. The molecule has 1 N–H and O–H groups in total. The Bertz CT molecular complexity index is 822. The number of rotatable bonds is 5. The van der Waals surface area contributed by atoms with Crippen LogP contribution in [0.25, 0.3) is 6.08 Å². The molecule has 1 atom stereocenters. The van der Waals surface area contributed by atoms with Crippen molar-refractivity contribution in [1.82, 2.24) is 10.3 Å². The minimum Gasteiger partial charge on any atom is -0.344 e. The number of pyridine rings is 1. The van der Waals surface area contributed by atoms with Crippen LogP contribution in [0.5, 0.6) is 0 Å². The van der Waals surface area contributed by atoms with Gasteiger partial charge in [0, 0.05) is 0 Å². The van der Waals surface area contributed by atoms with Gasteiger partial charge in [-0.25, -0.2) is 0 Å². The van der Waals surface area contributed by atoms with Crippen molar-refractivity contribution in [2.75, 3.05) is 0 Å². The highest BCUT2D eigenvalue weighted by Crippen LogP contribution is 2.37. The van der Waals surface area contributed by atoms with Crippen LogP contribution in [0.15, 0.2) is 54.1 Å². The highest BCUT2D eigenvalue weighted by Gasteiger charge is 2.30. The van der Waals surface area contributed by atoms with E-state index in [2.05, 4.69) is 10.3 Å². The largest absolute Gasteiger partial charge is 0.344 e. The van der Waals surface area contributed by atoms with Crippen LogP contribution < -0.4 is 10.9 Å². The van der Waals surface area contributed by atoms with Crippen molar-refractivity contribution in [2.24, 2.45) is 5.92 Å². The van der Waals surface area contributed by atoms with Gasteiger partial charge in [0.2, 0.25) is 0 Å². The Morgan fingerprint density at radius 3 is 2.60 bits per heavy atom. The van der Waals surface area contributed by atoms with E-state index in [0.29, 0.717) is 11.6 Å². The summed E-state index contributed by atoms with van der Waals surface area (Å²) in [6.45, 7) is 0. The fraction of sp³-hybridized carbons (Fsp3) is 0.250. The monoisotopic (exact) mass is 329 g/mol. The van der Waals surface area contributed by atoms with Gasteiger partial charge in [0.15, 0.2) is 7.85 Å². The summed E-state index contributed by atoms with van der Waals surface area (Å²) in [6.07, 6.45) is 4.94. The zero-order valence-corrected chi connectivity index (χ0v) is 14.3. The van der Waals surface area contributed by atoms with Crippen molar-refractivity contribution in [1.29, 1.82) is 5.26 Å². The number of nitriles is 1. The van der Waals surface area contributed by atoms with Gasteiger partial charge in [-0.15, -0.1) is 0 Å². The van der Waals surface area contributed by atoms with E-state index in [4.69, 9.17) is 0 Å². The lowest BCUT2D eigenvalue weighted by Gasteiger charge is -2.34. The van der Waals surface area contributed by atoms with E-state index in [1.807, 2.05) is 56.4 Å². The molecule has 25 heavy (non-hydrogen) atoms. The van der Waals surface area contributed by atoms with Gasteiger partial charge in [-0.1, -0.05) is 48.9 Å². The average molecular weight is 329 g/mol. The minimum atomic E-state index is -0.341. The number of nitrogens with one attached hydrogen (secondary N) is 1. The number of carbonyl (C=O) groups is 1.